The number of benzene rings is 2. The van der Waals surface area contributed by atoms with E-state index in [1.54, 1.807) is 0 Å². The van der Waals surface area contributed by atoms with Gasteiger partial charge in [0.05, 0.1) is 41.4 Å². The van der Waals surface area contributed by atoms with Gasteiger partial charge in [0.25, 0.3) is 5.56 Å². The Morgan fingerprint density at radius 2 is 1.79 bits per heavy atom. The molecule has 0 radical (unpaired) electrons. The molecule has 7 heteroatoms. The Hall–Kier alpha value is -3.29. The van der Waals surface area contributed by atoms with Crippen LogP contribution in [0, 0.1) is 0 Å². The minimum Gasteiger partial charge on any atom is -0.326 e. The summed E-state index contributed by atoms with van der Waals surface area (Å²) in [7, 11) is 0. The maximum Gasteiger partial charge on any atom is 0.272 e. The summed E-state index contributed by atoms with van der Waals surface area (Å²) in [6.07, 6.45) is 2.83. The van der Waals surface area contributed by atoms with Crippen molar-refractivity contribution in [3.05, 3.63) is 82.7 Å². The zero-order chi connectivity index (χ0) is 19.8. The third kappa shape index (κ3) is 3.24. The first kappa shape index (κ1) is 17.8. The van der Waals surface area contributed by atoms with E-state index >= 15 is 0 Å². The van der Waals surface area contributed by atoms with Crippen molar-refractivity contribution in [2.45, 2.75) is 32.0 Å². The van der Waals surface area contributed by atoms with E-state index in [9.17, 15) is 4.79 Å². The number of rotatable bonds is 4. The average Bonchev–Trinajstić information content (AvgIpc) is 3.37. The third-order valence-electron chi connectivity index (χ3n) is 5.44. The Bertz CT molecular complexity index is 1210. The van der Waals surface area contributed by atoms with Crippen molar-refractivity contribution >= 4 is 10.8 Å². The number of nitrogens with one attached hydrogen (secondary N) is 3. The monoisotopic (exact) mass is 386 g/mol. The molecule has 0 aliphatic carbocycles. The van der Waals surface area contributed by atoms with Crippen LogP contribution in [0.1, 0.15) is 30.8 Å². The Labute approximate surface area is 167 Å². The lowest BCUT2D eigenvalue weighted by Crippen LogP contribution is -2.29. The highest BCUT2D eigenvalue weighted by Gasteiger charge is 2.28. The van der Waals surface area contributed by atoms with Crippen LogP contribution in [0.25, 0.3) is 22.0 Å². The maximum absolute atomic E-state index is 12.1. The molecule has 2 aromatic heterocycles. The van der Waals surface area contributed by atoms with E-state index in [1.165, 1.54) is 0 Å². The molecule has 4 aromatic rings. The Morgan fingerprint density at radius 3 is 2.55 bits per heavy atom. The number of nitrogens with zero attached hydrogens (tertiary/aromatic N) is 3. The van der Waals surface area contributed by atoms with Gasteiger partial charge in [-0.3, -0.25) is 10.2 Å². The number of hydrazine groups is 1. The molecular weight excluding hydrogens is 364 g/mol. The molecule has 1 fully saturated rings. The van der Waals surface area contributed by atoms with E-state index in [0.717, 1.165) is 34.5 Å². The summed E-state index contributed by atoms with van der Waals surface area (Å²) in [5, 5.41) is 8.49. The van der Waals surface area contributed by atoms with Crippen LogP contribution in [0.4, 0.5) is 0 Å². The summed E-state index contributed by atoms with van der Waals surface area (Å²) in [6.45, 7) is 2.69. The van der Waals surface area contributed by atoms with Gasteiger partial charge in [-0.25, -0.2) is 15.5 Å². The largest absolute Gasteiger partial charge is 0.326 e. The zero-order valence-corrected chi connectivity index (χ0v) is 16.1. The normalized spacial score (nSPS) is 19.1. The maximum atomic E-state index is 12.1. The van der Waals surface area contributed by atoms with Gasteiger partial charge in [-0.05, 0) is 19.4 Å². The second-order valence-corrected chi connectivity index (χ2v) is 7.50. The van der Waals surface area contributed by atoms with Crippen LogP contribution in [0.3, 0.4) is 0 Å². The van der Waals surface area contributed by atoms with Gasteiger partial charge in [0, 0.05) is 17.0 Å². The molecule has 0 amide bonds. The molecule has 5 rings (SSSR count). The lowest BCUT2D eigenvalue weighted by atomic mass is 10.0. The first-order valence-electron chi connectivity index (χ1n) is 9.78. The Balaban J connectivity index is 1.62. The van der Waals surface area contributed by atoms with E-state index in [1.807, 2.05) is 48.8 Å². The molecule has 29 heavy (non-hydrogen) atoms. The molecule has 0 saturated carbocycles. The zero-order valence-electron chi connectivity index (χ0n) is 16.1. The fourth-order valence-electron chi connectivity index (χ4n) is 4.05. The molecule has 0 bridgehead atoms. The molecule has 2 unspecified atom stereocenters. The molecule has 3 heterocycles. The van der Waals surface area contributed by atoms with Gasteiger partial charge in [0.1, 0.15) is 0 Å². The van der Waals surface area contributed by atoms with Gasteiger partial charge in [-0.1, -0.05) is 48.5 Å². The van der Waals surface area contributed by atoms with E-state index in [-0.39, 0.29) is 11.6 Å². The van der Waals surface area contributed by atoms with Crippen molar-refractivity contribution in [2.75, 3.05) is 0 Å². The smallest absolute Gasteiger partial charge is 0.272 e. The number of imidazole rings is 1. The van der Waals surface area contributed by atoms with Crippen molar-refractivity contribution in [3.8, 4) is 11.3 Å². The minimum absolute atomic E-state index is 0.136. The van der Waals surface area contributed by atoms with E-state index in [4.69, 9.17) is 4.98 Å². The second-order valence-electron chi connectivity index (χ2n) is 7.50. The van der Waals surface area contributed by atoms with Gasteiger partial charge in [-0.15, -0.1) is 0 Å². The summed E-state index contributed by atoms with van der Waals surface area (Å²) >= 11 is 0. The molecule has 2 atom stereocenters. The third-order valence-corrected chi connectivity index (χ3v) is 5.44. The van der Waals surface area contributed by atoms with Crippen molar-refractivity contribution in [1.82, 2.24) is 30.6 Å². The van der Waals surface area contributed by atoms with Gasteiger partial charge in [0.2, 0.25) is 0 Å². The summed E-state index contributed by atoms with van der Waals surface area (Å²) in [5.41, 5.74) is 10.5. The van der Waals surface area contributed by atoms with Gasteiger partial charge < -0.3 is 4.57 Å². The van der Waals surface area contributed by atoms with Gasteiger partial charge in [-0.2, -0.15) is 5.10 Å². The van der Waals surface area contributed by atoms with Crippen LogP contribution in [-0.2, 0) is 6.54 Å². The van der Waals surface area contributed by atoms with Crippen LogP contribution in [-0.4, -0.2) is 25.8 Å². The lowest BCUT2D eigenvalue weighted by Gasteiger charge is -2.16. The molecule has 3 N–H and O–H groups in total. The predicted octanol–water partition coefficient (Wildman–Crippen LogP) is 2.76. The molecular formula is C22H22N6O. The second kappa shape index (κ2) is 7.27. The molecule has 2 aromatic carbocycles. The van der Waals surface area contributed by atoms with Crippen LogP contribution in [0.15, 0.2) is 65.7 Å². The van der Waals surface area contributed by atoms with E-state index in [0.29, 0.717) is 18.0 Å². The topological polar surface area (TPSA) is 87.6 Å². The van der Waals surface area contributed by atoms with E-state index < -0.39 is 0 Å². The predicted molar refractivity (Wildman–Crippen MR) is 112 cm³/mol. The summed E-state index contributed by atoms with van der Waals surface area (Å²) in [4.78, 5) is 16.9. The fourth-order valence-corrected chi connectivity index (χ4v) is 4.05. The SMILES string of the molecule is CC1CC(c2c(-c3ccccc3)ncn2Cc2n[nH]c(=O)c3ccccc23)NN1. The average molecular weight is 386 g/mol. The Kier molecular flexibility index (Phi) is 4.46. The first-order valence-corrected chi connectivity index (χ1v) is 9.78. The summed E-state index contributed by atoms with van der Waals surface area (Å²) in [5.74, 6) is 0. The number of aromatic amines is 1. The first-order chi connectivity index (χ1) is 14.2. The molecule has 146 valence electrons. The molecule has 7 nitrogen and oxygen atoms in total. The quantitative estimate of drug-likeness (QED) is 0.502. The molecule has 1 aliphatic heterocycles. The number of hydrogen-bond acceptors (Lipinski definition) is 5. The number of fused-ring (bicyclic) bond motifs is 1. The molecule has 1 saturated heterocycles. The highest BCUT2D eigenvalue weighted by atomic mass is 16.1. The number of hydrogen-bond donors (Lipinski definition) is 3. The standard InChI is InChI=1S/C22H22N6O/c1-14-11-18(25-24-14)21-20(15-7-3-2-4-8-15)23-13-28(21)12-19-16-9-5-6-10-17(16)22(29)27-26-19/h2-10,13-14,18,24-25H,11-12H2,1H3,(H,27,29). The highest BCUT2D eigenvalue weighted by Crippen LogP contribution is 2.32. The van der Waals surface area contributed by atoms with Crippen LogP contribution < -0.4 is 16.4 Å². The fraction of sp³-hybridized carbons (Fsp3) is 0.227. The van der Waals surface area contributed by atoms with Crippen molar-refractivity contribution in [3.63, 3.8) is 0 Å². The lowest BCUT2D eigenvalue weighted by molar-refractivity contribution is 0.535. The van der Waals surface area contributed by atoms with Gasteiger partial charge >= 0.3 is 0 Å². The van der Waals surface area contributed by atoms with Crippen molar-refractivity contribution in [2.24, 2.45) is 0 Å². The van der Waals surface area contributed by atoms with Crippen LogP contribution in [0.5, 0.6) is 0 Å². The van der Waals surface area contributed by atoms with Crippen molar-refractivity contribution < 1.29 is 0 Å². The highest BCUT2D eigenvalue weighted by molar-refractivity contribution is 5.83. The van der Waals surface area contributed by atoms with Crippen LogP contribution >= 0.6 is 0 Å². The van der Waals surface area contributed by atoms with Crippen LogP contribution in [0.2, 0.25) is 0 Å². The van der Waals surface area contributed by atoms with Crippen molar-refractivity contribution in [1.29, 1.82) is 0 Å². The summed E-state index contributed by atoms with van der Waals surface area (Å²) in [6, 6.07) is 18.3. The number of aromatic nitrogens is 4. The number of H-pyrrole nitrogens is 1. The van der Waals surface area contributed by atoms with Gasteiger partial charge in [0.15, 0.2) is 0 Å². The minimum atomic E-state index is -0.171. The van der Waals surface area contributed by atoms with E-state index in [2.05, 4.69) is 44.7 Å². The Morgan fingerprint density at radius 1 is 1.03 bits per heavy atom. The molecule has 1 aliphatic rings. The summed E-state index contributed by atoms with van der Waals surface area (Å²) < 4.78 is 2.13. The molecule has 0 spiro atoms.